The van der Waals surface area contributed by atoms with Gasteiger partial charge in [0.05, 0.1) is 0 Å². The van der Waals surface area contributed by atoms with Gasteiger partial charge in [-0.05, 0) is 35.2 Å². The molecule has 2 nitrogen and oxygen atoms in total. The molecule has 0 saturated carbocycles. The van der Waals surface area contributed by atoms with Gasteiger partial charge in [-0.3, -0.25) is 4.90 Å². The first-order valence-electron chi connectivity index (χ1n) is 7.63. The van der Waals surface area contributed by atoms with Crippen LogP contribution < -0.4 is 5.73 Å². The van der Waals surface area contributed by atoms with Crippen LogP contribution in [0.4, 0.5) is 0 Å². The van der Waals surface area contributed by atoms with E-state index in [2.05, 4.69) is 74.3 Å². The second kappa shape index (κ2) is 7.39. The summed E-state index contributed by atoms with van der Waals surface area (Å²) in [6.45, 7) is 6.97. The minimum Gasteiger partial charge on any atom is -0.326 e. The highest BCUT2D eigenvalue weighted by molar-refractivity contribution is 5.25. The zero-order chi connectivity index (χ0) is 15.2. The van der Waals surface area contributed by atoms with Gasteiger partial charge in [-0.2, -0.15) is 0 Å². The molecule has 0 aliphatic heterocycles. The van der Waals surface area contributed by atoms with Crippen molar-refractivity contribution in [3.05, 3.63) is 70.8 Å². The van der Waals surface area contributed by atoms with Gasteiger partial charge in [0.1, 0.15) is 0 Å². The molecule has 2 heteroatoms. The summed E-state index contributed by atoms with van der Waals surface area (Å²) in [6.07, 6.45) is 0. The van der Waals surface area contributed by atoms with Crippen LogP contribution in [-0.4, -0.2) is 11.9 Å². The Bertz CT molecular complexity index is 558. The zero-order valence-electron chi connectivity index (χ0n) is 13.3. The van der Waals surface area contributed by atoms with E-state index in [1.165, 1.54) is 22.3 Å². The molecule has 2 N–H and O–H groups in total. The van der Waals surface area contributed by atoms with Crippen LogP contribution in [0.15, 0.2) is 48.5 Å². The SMILES string of the molecule is CC(C)c1ccc(CN(C)Cc2cccc(CN)c2)cc1. The van der Waals surface area contributed by atoms with Crippen LogP contribution in [0, 0.1) is 0 Å². The molecule has 0 unspecified atom stereocenters. The Hall–Kier alpha value is -1.64. The summed E-state index contributed by atoms with van der Waals surface area (Å²) in [4.78, 5) is 2.33. The average Bonchev–Trinajstić information content (AvgIpc) is 2.47. The lowest BCUT2D eigenvalue weighted by Crippen LogP contribution is -2.17. The minimum absolute atomic E-state index is 0.593. The Morgan fingerprint density at radius 3 is 2.14 bits per heavy atom. The van der Waals surface area contributed by atoms with Gasteiger partial charge >= 0.3 is 0 Å². The summed E-state index contributed by atoms with van der Waals surface area (Å²) in [7, 11) is 2.16. The molecule has 0 heterocycles. The van der Waals surface area contributed by atoms with Gasteiger partial charge in [0, 0.05) is 19.6 Å². The van der Waals surface area contributed by atoms with Gasteiger partial charge in [0.2, 0.25) is 0 Å². The van der Waals surface area contributed by atoms with Crippen LogP contribution in [0.5, 0.6) is 0 Å². The molecule has 2 rings (SSSR count). The summed E-state index contributed by atoms with van der Waals surface area (Å²) in [5.41, 5.74) is 11.0. The first-order chi connectivity index (χ1) is 10.1. The van der Waals surface area contributed by atoms with Crippen molar-refractivity contribution in [1.82, 2.24) is 4.90 Å². The molecule has 112 valence electrons. The van der Waals surface area contributed by atoms with Gasteiger partial charge in [-0.1, -0.05) is 62.4 Å². The predicted octanol–water partition coefficient (Wildman–Crippen LogP) is 3.90. The fourth-order valence-corrected chi connectivity index (χ4v) is 2.54. The van der Waals surface area contributed by atoms with Crippen molar-refractivity contribution >= 4 is 0 Å². The van der Waals surface area contributed by atoms with E-state index in [9.17, 15) is 0 Å². The first-order valence-corrected chi connectivity index (χ1v) is 7.63. The normalized spacial score (nSPS) is 11.3. The molecule has 0 fully saturated rings. The standard InChI is InChI=1S/C19H26N2/c1-15(2)19-9-7-16(8-10-19)13-21(3)14-18-6-4-5-17(11-18)12-20/h4-11,15H,12-14,20H2,1-3H3. The molecule has 2 aromatic carbocycles. The lowest BCUT2D eigenvalue weighted by molar-refractivity contribution is 0.319. The monoisotopic (exact) mass is 282 g/mol. The lowest BCUT2D eigenvalue weighted by Gasteiger charge is -2.18. The maximum absolute atomic E-state index is 5.70. The maximum Gasteiger partial charge on any atom is 0.0234 e. The van der Waals surface area contributed by atoms with Crippen molar-refractivity contribution in [2.75, 3.05) is 7.05 Å². The Labute approximate surface area is 128 Å². The Balaban J connectivity index is 1.95. The van der Waals surface area contributed by atoms with Crippen LogP contribution in [-0.2, 0) is 19.6 Å². The number of benzene rings is 2. The largest absolute Gasteiger partial charge is 0.326 e. The van der Waals surface area contributed by atoms with Crippen molar-refractivity contribution in [2.45, 2.75) is 39.4 Å². The molecular formula is C19H26N2. The Kier molecular flexibility index (Phi) is 5.54. The van der Waals surface area contributed by atoms with Crippen molar-refractivity contribution < 1.29 is 0 Å². The third-order valence-electron chi connectivity index (χ3n) is 3.78. The summed E-state index contributed by atoms with van der Waals surface area (Å²) >= 11 is 0. The highest BCUT2D eigenvalue weighted by Gasteiger charge is 2.04. The van der Waals surface area contributed by atoms with Crippen molar-refractivity contribution in [3.8, 4) is 0 Å². The lowest BCUT2D eigenvalue weighted by atomic mass is 10.0. The van der Waals surface area contributed by atoms with Crippen LogP contribution in [0.3, 0.4) is 0 Å². The fourth-order valence-electron chi connectivity index (χ4n) is 2.54. The molecule has 0 radical (unpaired) electrons. The smallest absolute Gasteiger partial charge is 0.0234 e. The molecular weight excluding hydrogens is 256 g/mol. The Morgan fingerprint density at radius 2 is 1.52 bits per heavy atom. The molecule has 0 aliphatic rings. The second-order valence-electron chi connectivity index (χ2n) is 6.09. The van der Waals surface area contributed by atoms with E-state index < -0.39 is 0 Å². The summed E-state index contributed by atoms with van der Waals surface area (Å²) < 4.78 is 0. The third kappa shape index (κ3) is 4.69. The third-order valence-corrected chi connectivity index (χ3v) is 3.78. The molecule has 0 aliphatic carbocycles. The minimum atomic E-state index is 0.593. The van der Waals surface area contributed by atoms with Crippen LogP contribution in [0.1, 0.15) is 42.0 Å². The molecule has 0 atom stereocenters. The molecule has 0 bridgehead atoms. The summed E-state index contributed by atoms with van der Waals surface area (Å²) in [6, 6.07) is 17.5. The number of hydrogen-bond acceptors (Lipinski definition) is 2. The van der Waals surface area contributed by atoms with Crippen LogP contribution in [0.25, 0.3) is 0 Å². The molecule has 0 amide bonds. The van der Waals surface area contributed by atoms with Gasteiger partial charge in [-0.15, -0.1) is 0 Å². The average molecular weight is 282 g/mol. The van der Waals surface area contributed by atoms with E-state index in [0.717, 1.165) is 13.1 Å². The number of rotatable bonds is 6. The number of hydrogen-bond donors (Lipinski definition) is 1. The first kappa shape index (κ1) is 15.7. The number of nitrogens with two attached hydrogens (primary N) is 1. The maximum atomic E-state index is 5.70. The predicted molar refractivity (Wildman–Crippen MR) is 90.0 cm³/mol. The van der Waals surface area contributed by atoms with Gasteiger partial charge in [0.15, 0.2) is 0 Å². The number of nitrogens with zero attached hydrogens (tertiary/aromatic N) is 1. The zero-order valence-corrected chi connectivity index (χ0v) is 13.3. The molecule has 0 spiro atoms. The topological polar surface area (TPSA) is 29.3 Å². The van der Waals surface area contributed by atoms with Crippen molar-refractivity contribution in [3.63, 3.8) is 0 Å². The van der Waals surface area contributed by atoms with Gasteiger partial charge in [0.25, 0.3) is 0 Å². The van der Waals surface area contributed by atoms with E-state index >= 15 is 0 Å². The highest BCUT2D eigenvalue weighted by Crippen LogP contribution is 2.16. The van der Waals surface area contributed by atoms with Crippen molar-refractivity contribution in [2.24, 2.45) is 5.73 Å². The summed E-state index contributed by atoms with van der Waals surface area (Å²) in [5.74, 6) is 0.593. The molecule has 21 heavy (non-hydrogen) atoms. The van der Waals surface area contributed by atoms with E-state index in [4.69, 9.17) is 5.73 Å². The highest BCUT2D eigenvalue weighted by atomic mass is 15.1. The summed E-state index contributed by atoms with van der Waals surface area (Å²) in [5, 5.41) is 0. The fraction of sp³-hybridized carbons (Fsp3) is 0.368. The van der Waals surface area contributed by atoms with E-state index in [0.29, 0.717) is 12.5 Å². The quantitative estimate of drug-likeness (QED) is 0.870. The van der Waals surface area contributed by atoms with Crippen LogP contribution >= 0.6 is 0 Å². The molecule has 0 saturated heterocycles. The van der Waals surface area contributed by atoms with E-state index in [1.54, 1.807) is 0 Å². The van der Waals surface area contributed by atoms with Crippen LogP contribution in [0.2, 0.25) is 0 Å². The van der Waals surface area contributed by atoms with E-state index in [1.807, 2.05) is 0 Å². The van der Waals surface area contributed by atoms with E-state index in [-0.39, 0.29) is 0 Å². The van der Waals surface area contributed by atoms with Crippen molar-refractivity contribution in [1.29, 1.82) is 0 Å². The Morgan fingerprint density at radius 1 is 0.905 bits per heavy atom. The van der Waals surface area contributed by atoms with Gasteiger partial charge in [-0.25, -0.2) is 0 Å². The second-order valence-corrected chi connectivity index (χ2v) is 6.09. The van der Waals surface area contributed by atoms with Gasteiger partial charge < -0.3 is 5.73 Å². The molecule has 0 aromatic heterocycles. The molecule has 2 aromatic rings.